The van der Waals surface area contributed by atoms with E-state index in [9.17, 15) is 9.18 Å². The highest BCUT2D eigenvalue weighted by Crippen LogP contribution is 2.43. The van der Waals surface area contributed by atoms with Gasteiger partial charge >= 0.3 is 0 Å². The molecule has 7 heteroatoms. The highest BCUT2D eigenvalue weighted by molar-refractivity contribution is 6.00. The molecular formula is C22H27FN4O2. The molecule has 3 heterocycles. The van der Waals surface area contributed by atoms with Gasteiger partial charge in [-0.05, 0) is 51.1 Å². The molecule has 1 fully saturated rings. The fraction of sp³-hybridized carbons (Fsp3) is 0.455. The SMILES string of the molecule is COc1ccc2c(c1)N(C(=O)C1CCN(CCF)CC1)C(C)c1cccnc1N2. The van der Waals surface area contributed by atoms with E-state index in [1.807, 2.05) is 42.2 Å². The molecule has 6 nitrogen and oxygen atoms in total. The predicted octanol–water partition coefficient (Wildman–Crippen LogP) is 3.92. The second kappa shape index (κ2) is 8.37. The zero-order valence-corrected chi connectivity index (χ0v) is 16.9. The van der Waals surface area contributed by atoms with E-state index in [0.29, 0.717) is 12.3 Å². The molecule has 0 spiro atoms. The normalized spacial score (nSPS) is 19.7. The van der Waals surface area contributed by atoms with Crippen LogP contribution in [0.15, 0.2) is 36.5 Å². The number of pyridine rings is 1. The van der Waals surface area contributed by atoms with Crippen molar-refractivity contribution in [3.05, 3.63) is 42.1 Å². The van der Waals surface area contributed by atoms with E-state index in [2.05, 4.69) is 15.2 Å². The summed E-state index contributed by atoms with van der Waals surface area (Å²) in [5.74, 6) is 1.49. The largest absolute Gasteiger partial charge is 0.497 e. The van der Waals surface area contributed by atoms with Crippen molar-refractivity contribution in [2.45, 2.75) is 25.8 Å². The highest BCUT2D eigenvalue weighted by Gasteiger charge is 2.36. The summed E-state index contributed by atoms with van der Waals surface area (Å²) in [6.45, 7) is 3.65. The third kappa shape index (κ3) is 3.79. The maximum Gasteiger partial charge on any atom is 0.230 e. The van der Waals surface area contributed by atoms with Crippen LogP contribution in [0.3, 0.4) is 0 Å². The van der Waals surface area contributed by atoms with Crippen LogP contribution in [0, 0.1) is 5.92 Å². The predicted molar refractivity (Wildman–Crippen MR) is 112 cm³/mol. The molecule has 0 saturated carbocycles. The van der Waals surface area contributed by atoms with Gasteiger partial charge in [0.25, 0.3) is 0 Å². The number of hydrogen-bond donors (Lipinski definition) is 1. The van der Waals surface area contributed by atoms with E-state index < -0.39 is 0 Å². The van der Waals surface area contributed by atoms with Gasteiger partial charge in [-0.1, -0.05) is 6.07 Å². The average molecular weight is 398 g/mol. The zero-order chi connectivity index (χ0) is 20.4. The lowest BCUT2D eigenvalue weighted by Gasteiger charge is -2.36. The molecule has 1 aromatic heterocycles. The van der Waals surface area contributed by atoms with Crippen LogP contribution in [0.1, 0.15) is 31.4 Å². The molecule has 4 rings (SSSR count). The van der Waals surface area contributed by atoms with Gasteiger partial charge in [0.15, 0.2) is 0 Å². The lowest BCUT2D eigenvalue weighted by molar-refractivity contribution is -0.124. The minimum atomic E-state index is -0.343. The smallest absolute Gasteiger partial charge is 0.230 e. The Bertz CT molecular complexity index is 883. The molecule has 2 aliphatic rings. The Hall–Kier alpha value is -2.67. The molecule has 1 N–H and O–H groups in total. The maximum absolute atomic E-state index is 13.7. The number of carbonyl (C=O) groups is 1. The maximum atomic E-state index is 13.7. The van der Waals surface area contributed by atoms with E-state index in [4.69, 9.17) is 4.74 Å². The Kier molecular flexibility index (Phi) is 5.67. The number of benzene rings is 1. The number of aromatic nitrogens is 1. The molecule has 1 amide bonds. The molecule has 1 aromatic carbocycles. The van der Waals surface area contributed by atoms with Crippen LogP contribution < -0.4 is 15.0 Å². The fourth-order valence-electron chi connectivity index (χ4n) is 4.31. The summed E-state index contributed by atoms with van der Waals surface area (Å²) in [4.78, 5) is 22.2. The van der Waals surface area contributed by atoms with E-state index in [1.54, 1.807) is 13.3 Å². The monoisotopic (exact) mass is 398 g/mol. The van der Waals surface area contributed by atoms with Crippen molar-refractivity contribution in [3.8, 4) is 5.75 Å². The lowest BCUT2D eigenvalue weighted by Crippen LogP contribution is -2.44. The van der Waals surface area contributed by atoms with Gasteiger partial charge < -0.3 is 19.9 Å². The van der Waals surface area contributed by atoms with Gasteiger partial charge in [-0.25, -0.2) is 9.37 Å². The van der Waals surface area contributed by atoms with E-state index in [0.717, 1.165) is 48.7 Å². The molecular weight excluding hydrogens is 371 g/mol. The van der Waals surface area contributed by atoms with Crippen molar-refractivity contribution in [1.82, 2.24) is 9.88 Å². The third-order valence-electron chi connectivity index (χ3n) is 5.97. The van der Waals surface area contributed by atoms with Gasteiger partial charge in [0.1, 0.15) is 18.2 Å². The molecule has 0 radical (unpaired) electrons. The number of alkyl halides is 1. The number of carbonyl (C=O) groups excluding carboxylic acids is 1. The summed E-state index contributed by atoms with van der Waals surface area (Å²) in [6.07, 6.45) is 3.24. The van der Waals surface area contributed by atoms with E-state index in [-0.39, 0.29) is 24.5 Å². The number of ether oxygens (including phenoxy) is 1. The standard InChI is InChI=1S/C22H27FN4O2/c1-15-18-4-3-10-24-21(18)25-19-6-5-17(29-2)14-20(19)27(15)22(28)16-7-11-26(12-8-16)13-9-23/h3-6,10,14-16H,7-9,11-13H2,1-2H3,(H,24,25). The van der Waals surface area contributed by atoms with Crippen molar-refractivity contribution >= 4 is 23.1 Å². The first-order valence-electron chi connectivity index (χ1n) is 10.1. The summed E-state index contributed by atoms with van der Waals surface area (Å²) >= 11 is 0. The fourth-order valence-corrected chi connectivity index (χ4v) is 4.31. The number of rotatable bonds is 4. The van der Waals surface area contributed by atoms with Gasteiger partial charge in [-0.15, -0.1) is 0 Å². The van der Waals surface area contributed by atoms with Crippen LogP contribution in [-0.2, 0) is 4.79 Å². The van der Waals surface area contributed by atoms with Gasteiger partial charge in [-0.2, -0.15) is 0 Å². The van der Waals surface area contributed by atoms with Gasteiger partial charge in [0, 0.05) is 30.3 Å². The number of piperidine rings is 1. The topological polar surface area (TPSA) is 57.7 Å². The first-order chi connectivity index (χ1) is 14.1. The number of nitrogens with zero attached hydrogens (tertiary/aromatic N) is 3. The van der Waals surface area contributed by atoms with Crippen molar-refractivity contribution in [2.75, 3.05) is 43.6 Å². The van der Waals surface area contributed by atoms with Gasteiger partial charge in [-0.3, -0.25) is 4.79 Å². The van der Waals surface area contributed by atoms with Crippen LogP contribution >= 0.6 is 0 Å². The molecule has 1 atom stereocenters. The van der Waals surface area contributed by atoms with Crippen molar-refractivity contribution in [3.63, 3.8) is 0 Å². The number of hydrogen-bond acceptors (Lipinski definition) is 5. The summed E-state index contributed by atoms with van der Waals surface area (Å²) in [7, 11) is 1.62. The first kappa shape index (κ1) is 19.6. The zero-order valence-electron chi connectivity index (χ0n) is 16.9. The summed E-state index contributed by atoms with van der Waals surface area (Å²) < 4.78 is 18.1. The molecule has 0 bridgehead atoms. The number of amides is 1. The lowest BCUT2D eigenvalue weighted by atomic mass is 9.93. The van der Waals surface area contributed by atoms with Crippen LogP contribution in [0.4, 0.5) is 21.6 Å². The minimum absolute atomic E-state index is 0.0782. The Labute approximate surface area is 170 Å². The van der Waals surface area contributed by atoms with E-state index in [1.165, 1.54) is 0 Å². The van der Waals surface area contributed by atoms with Crippen LogP contribution in [0.2, 0.25) is 0 Å². The molecule has 1 unspecified atom stereocenters. The summed E-state index contributed by atoms with van der Waals surface area (Å²) in [5, 5.41) is 3.39. The molecule has 1 saturated heterocycles. The average Bonchev–Trinajstić information content (AvgIpc) is 2.87. The highest BCUT2D eigenvalue weighted by atomic mass is 19.1. The third-order valence-corrected chi connectivity index (χ3v) is 5.97. The summed E-state index contributed by atoms with van der Waals surface area (Å²) in [5.41, 5.74) is 2.61. The number of nitrogens with one attached hydrogen (secondary N) is 1. The molecule has 29 heavy (non-hydrogen) atoms. The van der Waals surface area contributed by atoms with E-state index >= 15 is 0 Å². The molecule has 154 valence electrons. The first-order valence-corrected chi connectivity index (χ1v) is 10.1. The minimum Gasteiger partial charge on any atom is -0.497 e. The Morgan fingerprint density at radius 2 is 2.10 bits per heavy atom. The van der Waals surface area contributed by atoms with Crippen molar-refractivity contribution in [2.24, 2.45) is 5.92 Å². The number of likely N-dealkylation sites (tertiary alicyclic amines) is 1. The number of fused-ring (bicyclic) bond motifs is 2. The van der Waals surface area contributed by atoms with Gasteiger partial charge in [0.2, 0.25) is 5.91 Å². The van der Waals surface area contributed by atoms with Crippen LogP contribution in [0.5, 0.6) is 5.75 Å². The Morgan fingerprint density at radius 3 is 2.83 bits per heavy atom. The second-order valence-electron chi connectivity index (χ2n) is 7.64. The number of anilines is 3. The second-order valence-corrected chi connectivity index (χ2v) is 7.64. The molecule has 0 aliphatic carbocycles. The van der Waals surface area contributed by atoms with Crippen molar-refractivity contribution in [1.29, 1.82) is 0 Å². The molecule has 2 aromatic rings. The Balaban J connectivity index is 1.70. The number of halogens is 1. The quantitative estimate of drug-likeness (QED) is 0.846. The van der Waals surface area contributed by atoms with Gasteiger partial charge in [0.05, 0.1) is 24.5 Å². The Morgan fingerprint density at radius 1 is 1.31 bits per heavy atom. The molecule has 2 aliphatic heterocycles. The van der Waals surface area contributed by atoms with Crippen LogP contribution in [-0.4, -0.2) is 49.2 Å². The summed E-state index contributed by atoms with van der Waals surface area (Å²) in [6, 6.07) is 9.44. The number of methoxy groups -OCH3 is 1. The van der Waals surface area contributed by atoms with Crippen LogP contribution in [0.25, 0.3) is 0 Å². The van der Waals surface area contributed by atoms with Crippen molar-refractivity contribution < 1.29 is 13.9 Å².